The van der Waals surface area contributed by atoms with Crippen LogP contribution in [-0.2, 0) is 26.2 Å². The van der Waals surface area contributed by atoms with Gasteiger partial charge in [-0.3, -0.25) is 38.4 Å². The van der Waals surface area contributed by atoms with Crippen LogP contribution in [0.15, 0.2) is 146 Å². The number of carbonyl (C=O) groups is 8. The number of aryl methyl sites for hydroxylation is 4. The molecule has 0 saturated heterocycles. The average Bonchev–Trinajstić information content (AvgIpc) is 1.63. The van der Waals surface area contributed by atoms with Gasteiger partial charge in [0.1, 0.15) is 0 Å². The van der Waals surface area contributed by atoms with Crippen LogP contribution in [0.4, 0.5) is 0 Å². The lowest BCUT2D eigenvalue weighted by atomic mass is 10.0. The highest BCUT2D eigenvalue weighted by Gasteiger charge is 2.19. The zero-order valence-electron chi connectivity index (χ0n) is 62.3. The number of carbonyl (C=O) groups excluding carboxylic acids is 8. The second kappa shape index (κ2) is 38.7. The van der Waals surface area contributed by atoms with Crippen molar-refractivity contribution in [2.24, 2.45) is 0 Å². The van der Waals surface area contributed by atoms with Gasteiger partial charge in [0.25, 0.3) is 0 Å². The Hall–Kier alpha value is -8.97. The second-order valence-corrected chi connectivity index (χ2v) is 26.6. The summed E-state index contributed by atoms with van der Waals surface area (Å²) >= 11 is 0. The van der Waals surface area contributed by atoms with E-state index < -0.39 is 0 Å². The summed E-state index contributed by atoms with van der Waals surface area (Å²) in [5, 5.41) is 21.7. The summed E-state index contributed by atoms with van der Waals surface area (Å²) in [5.41, 5.74) is 14.5. The highest BCUT2D eigenvalue weighted by molar-refractivity contribution is 6.17. The fourth-order valence-corrected chi connectivity index (χ4v) is 13.4. The minimum Gasteiger partial charge on any atom is -0.340 e. The molecule has 104 heavy (non-hydrogen) atoms. The van der Waals surface area contributed by atoms with Gasteiger partial charge in [-0.05, 0) is 279 Å². The van der Waals surface area contributed by atoms with Crippen LogP contribution in [0.1, 0.15) is 198 Å². The lowest BCUT2D eigenvalue weighted by Crippen LogP contribution is -2.24. The Morgan fingerprint density at radius 2 is 0.500 bits per heavy atom. The molecule has 0 spiro atoms. The Labute approximate surface area is 628 Å². The van der Waals surface area contributed by atoms with E-state index in [1.165, 1.54) is 0 Å². The smallest absolute Gasteiger partial charge is 0.159 e. The first-order valence-corrected chi connectivity index (χ1v) is 35.6. The number of benzene rings is 8. The van der Waals surface area contributed by atoms with Gasteiger partial charge in [-0.25, -0.2) is 0 Å². The number of hydrogen-bond donors (Lipinski definition) is 4. The maximum Gasteiger partial charge on any atom is 0.159 e. The van der Waals surface area contributed by atoms with E-state index >= 15 is 0 Å². The van der Waals surface area contributed by atoms with Crippen molar-refractivity contribution >= 4 is 171 Å². The van der Waals surface area contributed by atoms with Gasteiger partial charge in [-0.15, -0.1) is 37.2 Å². The summed E-state index contributed by atoms with van der Waals surface area (Å²) in [4.78, 5) is 94.3. The van der Waals surface area contributed by atoms with Crippen LogP contribution in [0.5, 0.6) is 0 Å². The highest BCUT2D eigenvalue weighted by atomic mass is 35.5. The van der Waals surface area contributed by atoms with Crippen molar-refractivity contribution in [2.75, 3.05) is 46.3 Å². The largest absolute Gasteiger partial charge is 0.340 e. The molecule has 0 aliphatic carbocycles. The number of ketones is 8. The van der Waals surface area contributed by atoms with Crippen molar-refractivity contribution < 1.29 is 38.4 Å². The van der Waals surface area contributed by atoms with E-state index in [0.29, 0.717) is 50.5 Å². The van der Waals surface area contributed by atoms with Gasteiger partial charge in [0.05, 0.1) is 0 Å². The summed E-state index contributed by atoms with van der Waals surface area (Å²) in [6.45, 7) is 30.6. The third-order valence-corrected chi connectivity index (χ3v) is 18.8. The summed E-state index contributed by atoms with van der Waals surface area (Å²) in [7, 11) is 1.95. The number of aromatic nitrogens is 4. The van der Waals surface area contributed by atoms with Crippen LogP contribution in [0.3, 0.4) is 0 Å². The first-order chi connectivity index (χ1) is 48.5. The molecular weight excluding hydrogens is 1370 g/mol. The first kappa shape index (κ1) is 84.0. The normalized spacial score (nSPS) is 11.1. The van der Waals surface area contributed by atoms with Crippen LogP contribution in [-0.4, -0.2) is 117 Å². The molecule has 0 bridgehead atoms. The molecule has 0 unspecified atom stereocenters. The van der Waals surface area contributed by atoms with E-state index in [9.17, 15) is 38.4 Å². The molecule has 4 heterocycles. The van der Waals surface area contributed by atoms with Crippen LogP contribution in [0.2, 0.25) is 0 Å². The Morgan fingerprint density at radius 3 is 0.683 bits per heavy atom. The lowest BCUT2D eigenvalue weighted by Gasteiger charge is -2.10. The molecule has 0 amide bonds. The van der Waals surface area contributed by atoms with Crippen LogP contribution in [0.25, 0.3) is 87.2 Å². The van der Waals surface area contributed by atoms with Gasteiger partial charge in [0.15, 0.2) is 46.3 Å². The molecule has 8 aromatic carbocycles. The summed E-state index contributed by atoms with van der Waals surface area (Å²) in [5.74, 6) is 0.425. The maximum absolute atomic E-state index is 11.8. The van der Waals surface area contributed by atoms with Gasteiger partial charge in [-0.1, -0.05) is 27.7 Å². The van der Waals surface area contributed by atoms with Gasteiger partial charge >= 0.3 is 0 Å². The minimum atomic E-state index is 0. The quantitative estimate of drug-likeness (QED) is 0.0267. The van der Waals surface area contributed by atoms with Crippen molar-refractivity contribution in [3.05, 3.63) is 190 Å². The molecule has 4 N–H and O–H groups in total. The predicted molar refractivity (Wildman–Crippen MR) is 437 cm³/mol. The molecular formula is C85H101Cl3N8O8. The van der Waals surface area contributed by atoms with E-state index in [4.69, 9.17) is 0 Å². The average molecular weight is 1470 g/mol. The summed E-state index contributed by atoms with van der Waals surface area (Å²) in [6.07, 6.45) is 5.22. The number of halogens is 3. The number of hydrogen-bond acceptors (Lipinski definition) is 12. The predicted octanol–water partition coefficient (Wildman–Crippen LogP) is 18.5. The Balaban J connectivity index is 0.000000216. The fraction of sp³-hybridized carbons (Fsp3) is 0.341. The molecule has 0 radical (unpaired) electrons. The number of fused-ring (bicyclic) bond motifs is 12. The molecule has 19 heteroatoms. The molecule has 12 rings (SSSR count). The summed E-state index contributed by atoms with van der Waals surface area (Å²) < 4.78 is 9.15. The maximum atomic E-state index is 11.8. The van der Waals surface area contributed by atoms with Crippen molar-refractivity contribution in [3.8, 4) is 0 Å². The number of nitrogens with one attached hydrogen (secondary N) is 4. The van der Waals surface area contributed by atoms with Crippen molar-refractivity contribution in [1.82, 2.24) is 39.5 Å². The third-order valence-electron chi connectivity index (χ3n) is 18.8. The highest BCUT2D eigenvalue weighted by Crippen LogP contribution is 2.36. The molecule has 12 aromatic rings. The Bertz CT molecular complexity index is 4850. The topological polar surface area (TPSA) is 204 Å². The molecule has 0 fully saturated rings. The van der Waals surface area contributed by atoms with Crippen LogP contribution < -0.4 is 21.3 Å². The molecule has 550 valence electrons. The molecule has 0 aliphatic rings. The van der Waals surface area contributed by atoms with E-state index in [1.807, 2.05) is 153 Å². The zero-order valence-corrected chi connectivity index (χ0v) is 64.8. The number of nitrogens with zero attached hydrogens (tertiary/aromatic N) is 4. The van der Waals surface area contributed by atoms with Crippen molar-refractivity contribution in [3.63, 3.8) is 0 Å². The van der Waals surface area contributed by atoms with Crippen molar-refractivity contribution in [2.45, 2.75) is 147 Å². The lowest BCUT2D eigenvalue weighted by molar-refractivity contribution is 0.100. The second-order valence-electron chi connectivity index (χ2n) is 26.6. The first-order valence-electron chi connectivity index (χ1n) is 35.6. The van der Waals surface area contributed by atoms with Crippen LogP contribution >= 0.6 is 37.2 Å². The Kier molecular flexibility index (Phi) is 31.2. The monoisotopic (exact) mass is 1470 g/mol. The number of Topliss-reactive ketones (excluding diaryl/α,β-unsaturated/α-hetero) is 8. The van der Waals surface area contributed by atoms with Crippen LogP contribution in [0, 0.1) is 0 Å². The SMILES string of the molecule is CC(=O)c1ccc2c(c1)c1cc(C(C)=O)ccc1n2CCCNC(C)C.CCCNCCCn1c2ccc(C(C)=O)cc2c2cc(C(C)=O)ccc21.CCNCCCn1c2ccc(C(C)=O)cc2c2cc(C(C)=O)ccc21.CNCCCn1c2ccc(C(C)=O)cc2c2cc(C(C)=O)ccc21.Cl.Cl.Cl. The van der Waals surface area contributed by atoms with E-state index in [1.54, 1.807) is 55.4 Å². The molecule has 0 saturated carbocycles. The molecule has 0 aliphatic heterocycles. The van der Waals surface area contributed by atoms with Gasteiger partial charge in [0.2, 0.25) is 0 Å². The van der Waals surface area contributed by atoms with Gasteiger partial charge < -0.3 is 39.5 Å². The number of rotatable bonds is 28. The Morgan fingerprint density at radius 1 is 0.298 bits per heavy atom. The molecule has 16 nitrogen and oxygen atoms in total. The van der Waals surface area contributed by atoms with Gasteiger partial charge in [-0.2, -0.15) is 0 Å². The molecule has 4 aromatic heterocycles. The van der Waals surface area contributed by atoms with Crippen molar-refractivity contribution in [1.29, 1.82) is 0 Å². The molecule has 0 atom stereocenters. The fourth-order valence-electron chi connectivity index (χ4n) is 13.4. The van der Waals surface area contributed by atoms with E-state index in [2.05, 4.69) is 67.2 Å². The van der Waals surface area contributed by atoms with Gasteiger partial charge in [0, 0.05) is 164 Å². The standard InChI is InChI=1S/2C22H26N2O2.C21H24N2O2.C20H22N2O2.3ClH/c1-14(2)23-10-5-11-24-21-8-6-17(15(3)25)12-19(21)20-13-18(16(4)26)7-9-22(20)24;1-4-10-23-11-5-12-24-21-8-6-17(15(2)25)13-19(21)20-14-18(16(3)26)7-9-22(20)24;1-4-22-10-5-11-23-20-8-6-16(14(2)24)12-18(20)19-13-17(15(3)25)7-9-21(19)23;1-13(23)15-5-7-19-17(11-15)18-12-16(14(2)24)6-8-20(18)22(19)10-4-9-21-3;;;/h6-9,12-14,23H,5,10-11H2,1-4H3;6-9,13-14,23H,4-5,10-12H2,1-3H3;6-9,12-13,22H,4-5,10-11H2,1-3H3;5-8,11-12,21H,4,9-10H2,1-3H3;3*1H. The third kappa shape index (κ3) is 19.7. The van der Waals surface area contributed by atoms with E-state index in [0.717, 1.165) is 185 Å². The minimum absolute atomic E-state index is 0. The summed E-state index contributed by atoms with van der Waals surface area (Å²) in [6, 6.07) is 47.3. The zero-order chi connectivity index (χ0) is 72.8. The van der Waals surface area contributed by atoms with E-state index in [-0.39, 0.29) is 83.5 Å².